The summed E-state index contributed by atoms with van der Waals surface area (Å²) in [6, 6.07) is 11.7. The van der Waals surface area contributed by atoms with E-state index in [2.05, 4.69) is 15.3 Å². The van der Waals surface area contributed by atoms with Gasteiger partial charge in [-0.1, -0.05) is 24.3 Å². The molecule has 24 heavy (non-hydrogen) atoms. The Bertz CT molecular complexity index is 1110. The molecule has 0 aliphatic rings. The third-order valence-corrected chi connectivity index (χ3v) is 4.12. The Balaban J connectivity index is 1.98. The molecular formula is C17H14N6O. The maximum absolute atomic E-state index is 11.4. The van der Waals surface area contributed by atoms with Gasteiger partial charge in [-0.25, -0.2) is 0 Å². The second-order valence-corrected chi connectivity index (χ2v) is 5.57. The molecule has 7 nitrogen and oxygen atoms in total. The minimum absolute atomic E-state index is 0.0117. The third-order valence-electron chi connectivity index (χ3n) is 4.12. The molecule has 0 aliphatic carbocycles. The summed E-state index contributed by atoms with van der Waals surface area (Å²) >= 11 is 0. The van der Waals surface area contributed by atoms with Crippen LogP contribution in [0.3, 0.4) is 0 Å². The second-order valence-electron chi connectivity index (χ2n) is 5.57. The minimum atomic E-state index is -0.691. The lowest BCUT2D eigenvalue weighted by Crippen LogP contribution is -2.16. The van der Waals surface area contributed by atoms with E-state index in [1.165, 1.54) is 0 Å². The third kappa shape index (κ3) is 1.98. The fourth-order valence-electron chi connectivity index (χ4n) is 2.90. The number of aromatic nitrogens is 4. The molecule has 0 spiro atoms. The van der Waals surface area contributed by atoms with Crippen molar-refractivity contribution in [1.82, 2.24) is 20.0 Å². The number of carbonyl (C=O) groups excluding carboxylic acids is 1. The van der Waals surface area contributed by atoms with Crippen LogP contribution in [0.1, 0.15) is 10.5 Å². The summed E-state index contributed by atoms with van der Waals surface area (Å²) < 4.78 is 1.82. The Morgan fingerprint density at radius 2 is 2.00 bits per heavy atom. The number of hydrogen-bond donors (Lipinski definition) is 2. The number of fused-ring (bicyclic) bond motifs is 2. The van der Waals surface area contributed by atoms with Crippen LogP contribution >= 0.6 is 0 Å². The summed E-state index contributed by atoms with van der Waals surface area (Å²) in [5, 5.41) is 14.0. The van der Waals surface area contributed by atoms with Crippen LogP contribution in [0.4, 0.5) is 5.69 Å². The molecule has 0 saturated heterocycles. The number of rotatable bonds is 2. The first-order valence-electron chi connectivity index (χ1n) is 7.33. The zero-order valence-corrected chi connectivity index (χ0v) is 12.9. The molecule has 0 radical (unpaired) electrons. The molecule has 4 N–H and O–H groups in total. The standard InChI is InChI=1S/C17H14N6O/c1-23-13-6-5-9(7-10(13)8-20-23)11-3-2-4-12-14(18)16(17(19)24)22-21-15(11)12/h2-8H,1H3,(H2,18,21)(H2,19,24). The number of carbonyl (C=O) groups is 1. The normalized spacial score (nSPS) is 11.2. The Labute approximate surface area is 136 Å². The first-order valence-corrected chi connectivity index (χ1v) is 7.33. The highest BCUT2D eigenvalue weighted by atomic mass is 16.1. The van der Waals surface area contributed by atoms with Gasteiger partial charge in [-0.15, -0.1) is 10.2 Å². The van der Waals surface area contributed by atoms with E-state index in [0.717, 1.165) is 22.0 Å². The molecular weight excluding hydrogens is 304 g/mol. The van der Waals surface area contributed by atoms with Crippen LogP contribution in [0.15, 0.2) is 42.6 Å². The smallest absolute Gasteiger partial charge is 0.271 e. The van der Waals surface area contributed by atoms with Crippen LogP contribution in [0, 0.1) is 0 Å². The van der Waals surface area contributed by atoms with E-state index in [-0.39, 0.29) is 11.4 Å². The zero-order chi connectivity index (χ0) is 16.8. The SMILES string of the molecule is Cn1ncc2cc(-c3cccc4c(N)c(C(N)=O)nnc34)ccc21. The molecule has 2 aromatic heterocycles. The first-order chi connectivity index (χ1) is 11.6. The van der Waals surface area contributed by atoms with E-state index >= 15 is 0 Å². The van der Waals surface area contributed by atoms with Crippen molar-refractivity contribution in [1.29, 1.82) is 0 Å². The van der Waals surface area contributed by atoms with E-state index in [1.807, 2.05) is 48.3 Å². The van der Waals surface area contributed by atoms with Gasteiger partial charge in [-0.3, -0.25) is 9.48 Å². The number of aryl methyl sites for hydroxylation is 1. The van der Waals surface area contributed by atoms with Crippen LogP contribution < -0.4 is 11.5 Å². The number of primary amides is 1. The van der Waals surface area contributed by atoms with Crippen LogP contribution in [0.2, 0.25) is 0 Å². The van der Waals surface area contributed by atoms with Crippen molar-refractivity contribution in [2.75, 3.05) is 5.73 Å². The Hall–Kier alpha value is -3.48. The predicted molar refractivity (Wildman–Crippen MR) is 92.2 cm³/mol. The average Bonchev–Trinajstić information content (AvgIpc) is 2.95. The van der Waals surface area contributed by atoms with Gasteiger partial charge in [0.15, 0.2) is 5.69 Å². The summed E-state index contributed by atoms with van der Waals surface area (Å²) in [5.41, 5.74) is 15.1. The maximum Gasteiger partial charge on any atom is 0.271 e. The zero-order valence-electron chi connectivity index (χ0n) is 12.9. The number of nitrogen functional groups attached to an aromatic ring is 1. The highest BCUT2D eigenvalue weighted by Gasteiger charge is 2.15. The molecule has 0 aliphatic heterocycles. The number of benzene rings is 2. The van der Waals surface area contributed by atoms with Gasteiger partial charge in [0.2, 0.25) is 0 Å². The number of nitrogens with two attached hydrogens (primary N) is 2. The molecule has 1 amide bonds. The van der Waals surface area contributed by atoms with Crippen molar-refractivity contribution in [2.45, 2.75) is 0 Å². The van der Waals surface area contributed by atoms with E-state index in [4.69, 9.17) is 11.5 Å². The molecule has 7 heteroatoms. The average molecular weight is 318 g/mol. The lowest BCUT2D eigenvalue weighted by Gasteiger charge is -2.09. The monoisotopic (exact) mass is 318 g/mol. The Morgan fingerprint density at radius 1 is 1.17 bits per heavy atom. The van der Waals surface area contributed by atoms with Crippen molar-refractivity contribution >= 4 is 33.4 Å². The lowest BCUT2D eigenvalue weighted by molar-refractivity contribution is 0.0996. The Morgan fingerprint density at radius 3 is 2.79 bits per heavy atom. The van der Waals surface area contributed by atoms with Gasteiger partial charge in [0.25, 0.3) is 5.91 Å². The molecule has 0 unspecified atom stereocenters. The molecule has 0 saturated carbocycles. The molecule has 4 rings (SSSR count). The summed E-state index contributed by atoms with van der Waals surface area (Å²) in [7, 11) is 1.90. The number of hydrogen-bond acceptors (Lipinski definition) is 5. The summed E-state index contributed by atoms with van der Waals surface area (Å²) in [4.78, 5) is 11.4. The van der Waals surface area contributed by atoms with Gasteiger partial charge in [0.05, 0.1) is 17.4 Å². The minimum Gasteiger partial charge on any atom is -0.396 e. The quantitative estimate of drug-likeness (QED) is 0.586. The first kappa shape index (κ1) is 14.1. The maximum atomic E-state index is 11.4. The number of anilines is 1. The van der Waals surface area contributed by atoms with E-state index < -0.39 is 5.91 Å². The van der Waals surface area contributed by atoms with Crippen LogP contribution in [-0.4, -0.2) is 25.9 Å². The van der Waals surface area contributed by atoms with E-state index in [9.17, 15) is 4.79 Å². The van der Waals surface area contributed by atoms with Gasteiger partial charge < -0.3 is 11.5 Å². The molecule has 0 fully saturated rings. The molecule has 2 heterocycles. The molecule has 0 bridgehead atoms. The van der Waals surface area contributed by atoms with Crippen molar-refractivity contribution in [3.05, 3.63) is 48.3 Å². The summed E-state index contributed by atoms with van der Waals surface area (Å²) in [6.07, 6.45) is 1.81. The van der Waals surface area contributed by atoms with Crippen LogP contribution in [-0.2, 0) is 7.05 Å². The van der Waals surface area contributed by atoms with Crippen molar-refractivity contribution in [2.24, 2.45) is 12.8 Å². The topological polar surface area (TPSA) is 113 Å². The largest absolute Gasteiger partial charge is 0.396 e. The predicted octanol–water partition coefficient (Wildman–Crippen LogP) is 1.86. The second kappa shape index (κ2) is 5.02. The van der Waals surface area contributed by atoms with Crippen molar-refractivity contribution in [3.63, 3.8) is 0 Å². The van der Waals surface area contributed by atoms with Gasteiger partial charge in [0.1, 0.15) is 5.52 Å². The van der Waals surface area contributed by atoms with Gasteiger partial charge in [0, 0.05) is 23.4 Å². The van der Waals surface area contributed by atoms with Crippen molar-refractivity contribution < 1.29 is 4.79 Å². The molecule has 118 valence electrons. The summed E-state index contributed by atoms with van der Waals surface area (Å²) in [5.74, 6) is -0.691. The Kier molecular flexibility index (Phi) is 2.96. The molecule has 0 atom stereocenters. The number of amides is 1. The van der Waals surface area contributed by atoms with E-state index in [1.54, 1.807) is 6.07 Å². The van der Waals surface area contributed by atoms with Gasteiger partial charge >= 0.3 is 0 Å². The fourth-order valence-corrected chi connectivity index (χ4v) is 2.90. The fraction of sp³-hybridized carbons (Fsp3) is 0.0588. The van der Waals surface area contributed by atoms with Crippen LogP contribution in [0.25, 0.3) is 32.9 Å². The lowest BCUT2D eigenvalue weighted by atomic mass is 10.00. The molecule has 4 aromatic rings. The van der Waals surface area contributed by atoms with E-state index in [0.29, 0.717) is 10.9 Å². The molecule has 2 aromatic carbocycles. The van der Waals surface area contributed by atoms with Gasteiger partial charge in [-0.2, -0.15) is 5.10 Å². The van der Waals surface area contributed by atoms with Gasteiger partial charge in [-0.05, 0) is 17.7 Å². The van der Waals surface area contributed by atoms with Crippen molar-refractivity contribution in [3.8, 4) is 11.1 Å². The highest BCUT2D eigenvalue weighted by Crippen LogP contribution is 2.32. The number of nitrogens with zero attached hydrogens (tertiary/aromatic N) is 4. The summed E-state index contributed by atoms with van der Waals surface area (Å²) in [6.45, 7) is 0. The highest BCUT2D eigenvalue weighted by molar-refractivity contribution is 6.07. The van der Waals surface area contributed by atoms with Crippen LogP contribution in [0.5, 0.6) is 0 Å².